The van der Waals surface area contributed by atoms with E-state index < -0.39 is 10.0 Å². The molecular weight excluding hydrogens is 308 g/mol. The van der Waals surface area contributed by atoms with Crippen molar-refractivity contribution in [3.05, 3.63) is 18.2 Å². The highest BCUT2D eigenvalue weighted by Crippen LogP contribution is 2.34. The zero-order valence-electron chi connectivity index (χ0n) is 12.2. The Hall–Kier alpha value is -1.80. The quantitative estimate of drug-likeness (QED) is 0.848. The summed E-state index contributed by atoms with van der Waals surface area (Å²) < 4.78 is 35.2. The molecule has 0 radical (unpaired) electrons. The number of carbonyl (C=O) groups excluding carboxylic acids is 1. The molecule has 120 valence electrons. The summed E-state index contributed by atoms with van der Waals surface area (Å²) >= 11 is 0. The highest BCUT2D eigenvalue weighted by molar-refractivity contribution is 7.88. The Bertz CT molecular complexity index is 684. The van der Waals surface area contributed by atoms with Gasteiger partial charge in [-0.05, 0) is 25.0 Å². The standard InChI is InChI=1S/C14H18N2O5S/c1-22(18,19)16(11-3-4-11)7-6-14(17)15-10-2-5-12-13(8-10)21-9-20-12/h2,5,8,11H,3-4,6-7,9H2,1H3,(H,15,17). The van der Waals surface area contributed by atoms with Crippen LogP contribution < -0.4 is 14.8 Å². The number of hydrogen-bond donors (Lipinski definition) is 1. The molecule has 1 N–H and O–H groups in total. The zero-order chi connectivity index (χ0) is 15.7. The van der Waals surface area contributed by atoms with Gasteiger partial charge in [-0.3, -0.25) is 4.79 Å². The first-order chi connectivity index (χ1) is 10.4. The third-order valence-electron chi connectivity index (χ3n) is 3.60. The minimum absolute atomic E-state index is 0.0633. The van der Waals surface area contributed by atoms with E-state index in [1.807, 2.05) is 0 Å². The van der Waals surface area contributed by atoms with E-state index in [-0.39, 0.29) is 31.7 Å². The molecule has 0 unspecified atom stereocenters. The number of rotatable bonds is 6. The Labute approximate surface area is 129 Å². The lowest BCUT2D eigenvalue weighted by molar-refractivity contribution is -0.116. The molecule has 1 aromatic rings. The fourth-order valence-corrected chi connectivity index (χ4v) is 3.57. The molecule has 7 nitrogen and oxygen atoms in total. The van der Waals surface area contributed by atoms with Crippen molar-refractivity contribution in [1.29, 1.82) is 0 Å². The van der Waals surface area contributed by atoms with Gasteiger partial charge in [0, 0.05) is 30.8 Å². The van der Waals surface area contributed by atoms with Gasteiger partial charge >= 0.3 is 0 Å². The maximum atomic E-state index is 12.0. The monoisotopic (exact) mass is 326 g/mol. The summed E-state index contributed by atoms with van der Waals surface area (Å²) in [6.45, 7) is 0.386. The molecule has 0 saturated heterocycles. The van der Waals surface area contributed by atoms with Crippen LogP contribution in [-0.4, -0.2) is 44.3 Å². The second kappa shape index (κ2) is 5.77. The van der Waals surface area contributed by atoms with Crippen molar-refractivity contribution in [2.45, 2.75) is 25.3 Å². The number of sulfonamides is 1. The average molecular weight is 326 g/mol. The van der Waals surface area contributed by atoms with E-state index >= 15 is 0 Å². The van der Waals surface area contributed by atoms with Crippen LogP contribution in [0, 0.1) is 0 Å². The molecule has 1 amide bonds. The van der Waals surface area contributed by atoms with Crippen molar-refractivity contribution in [2.24, 2.45) is 0 Å². The molecule has 1 aromatic carbocycles. The van der Waals surface area contributed by atoms with Gasteiger partial charge in [0.25, 0.3) is 0 Å². The summed E-state index contributed by atoms with van der Waals surface area (Å²) in [5.41, 5.74) is 0.603. The van der Waals surface area contributed by atoms with Crippen LogP contribution in [0.5, 0.6) is 11.5 Å². The number of hydrogen-bond acceptors (Lipinski definition) is 5. The van der Waals surface area contributed by atoms with E-state index in [1.165, 1.54) is 10.6 Å². The van der Waals surface area contributed by atoms with E-state index in [9.17, 15) is 13.2 Å². The number of nitrogens with one attached hydrogen (secondary N) is 1. The van der Waals surface area contributed by atoms with Crippen LogP contribution in [-0.2, 0) is 14.8 Å². The summed E-state index contributed by atoms with van der Waals surface area (Å²) in [4.78, 5) is 12.0. The molecule has 2 aliphatic rings. The largest absolute Gasteiger partial charge is 0.454 e. The highest BCUT2D eigenvalue weighted by atomic mass is 32.2. The lowest BCUT2D eigenvalue weighted by Gasteiger charge is -2.18. The minimum atomic E-state index is -3.26. The number of benzene rings is 1. The summed E-state index contributed by atoms with van der Waals surface area (Å²) in [6.07, 6.45) is 3.05. The normalized spacial score (nSPS) is 16.8. The molecule has 0 spiro atoms. The molecule has 1 aliphatic carbocycles. The molecule has 22 heavy (non-hydrogen) atoms. The maximum Gasteiger partial charge on any atom is 0.231 e. The van der Waals surface area contributed by atoms with Crippen molar-refractivity contribution in [1.82, 2.24) is 4.31 Å². The molecule has 1 heterocycles. The van der Waals surface area contributed by atoms with Gasteiger partial charge in [0.2, 0.25) is 22.7 Å². The summed E-state index contributed by atoms with van der Waals surface area (Å²) in [7, 11) is -3.26. The Morgan fingerprint density at radius 3 is 2.73 bits per heavy atom. The first-order valence-electron chi connectivity index (χ1n) is 7.10. The van der Waals surface area contributed by atoms with E-state index in [0.717, 1.165) is 12.8 Å². The number of carbonyl (C=O) groups is 1. The molecule has 3 rings (SSSR count). The number of amides is 1. The van der Waals surface area contributed by atoms with Crippen molar-refractivity contribution in [2.75, 3.05) is 24.9 Å². The van der Waals surface area contributed by atoms with Crippen molar-refractivity contribution in [3.8, 4) is 11.5 Å². The summed E-state index contributed by atoms with van der Waals surface area (Å²) in [6, 6.07) is 5.20. The van der Waals surface area contributed by atoms with Crippen LogP contribution in [0.2, 0.25) is 0 Å². The van der Waals surface area contributed by atoms with Crippen LogP contribution in [0.4, 0.5) is 5.69 Å². The first-order valence-corrected chi connectivity index (χ1v) is 8.94. The van der Waals surface area contributed by atoms with Crippen molar-refractivity contribution >= 4 is 21.6 Å². The van der Waals surface area contributed by atoms with Crippen LogP contribution in [0.3, 0.4) is 0 Å². The minimum Gasteiger partial charge on any atom is -0.454 e. The van der Waals surface area contributed by atoms with Crippen LogP contribution in [0.15, 0.2) is 18.2 Å². The van der Waals surface area contributed by atoms with E-state index in [4.69, 9.17) is 9.47 Å². The zero-order valence-corrected chi connectivity index (χ0v) is 13.1. The molecule has 0 atom stereocenters. The Kier molecular flexibility index (Phi) is 3.96. The van der Waals surface area contributed by atoms with Gasteiger partial charge < -0.3 is 14.8 Å². The maximum absolute atomic E-state index is 12.0. The van der Waals surface area contributed by atoms with Gasteiger partial charge in [-0.25, -0.2) is 8.42 Å². The summed E-state index contributed by atoms with van der Waals surface area (Å²) in [5, 5.41) is 2.74. The molecule has 1 fully saturated rings. The van der Waals surface area contributed by atoms with Gasteiger partial charge in [-0.15, -0.1) is 0 Å². The van der Waals surface area contributed by atoms with E-state index in [1.54, 1.807) is 18.2 Å². The topological polar surface area (TPSA) is 84.9 Å². The third kappa shape index (κ3) is 3.50. The SMILES string of the molecule is CS(=O)(=O)N(CCC(=O)Nc1ccc2c(c1)OCO2)C1CC1. The first kappa shape index (κ1) is 15.1. The highest BCUT2D eigenvalue weighted by Gasteiger charge is 2.34. The predicted molar refractivity (Wildman–Crippen MR) is 80.4 cm³/mol. The smallest absolute Gasteiger partial charge is 0.231 e. The van der Waals surface area contributed by atoms with Gasteiger partial charge in [0.1, 0.15) is 0 Å². The molecule has 8 heteroatoms. The number of nitrogens with zero attached hydrogens (tertiary/aromatic N) is 1. The van der Waals surface area contributed by atoms with Gasteiger partial charge in [-0.2, -0.15) is 4.31 Å². The number of fused-ring (bicyclic) bond motifs is 1. The second-order valence-electron chi connectivity index (χ2n) is 5.47. The van der Waals surface area contributed by atoms with Crippen LogP contribution in [0.25, 0.3) is 0 Å². The molecule has 1 saturated carbocycles. The van der Waals surface area contributed by atoms with Crippen LogP contribution in [0.1, 0.15) is 19.3 Å². The van der Waals surface area contributed by atoms with E-state index in [0.29, 0.717) is 17.2 Å². The molecule has 1 aliphatic heterocycles. The average Bonchev–Trinajstić information content (AvgIpc) is 3.14. The lowest BCUT2D eigenvalue weighted by atomic mass is 10.2. The molecule has 0 aromatic heterocycles. The Morgan fingerprint density at radius 2 is 2.05 bits per heavy atom. The Balaban J connectivity index is 1.56. The molecule has 0 bridgehead atoms. The summed E-state index contributed by atoms with van der Waals surface area (Å²) in [5.74, 6) is 1.01. The van der Waals surface area contributed by atoms with Gasteiger partial charge in [0.15, 0.2) is 11.5 Å². The number of anilines is 1. The molecular formula is C14H18N2O5S. The third-order valence-corrected chi connectivity index (χ3v) is 4.93. The van der Waals surface area contributed by atoms with Crippen molar-refractivity contribution < 1.29 is 22.7 Å². The lowest BCUT2D eigenvalue weighted by Crippen LogP contribution is -2.34. The fourth-order valence-electron chi connectivity index (χ4n) is 2.39. The second-order valence-corrected chi connectivity index (χ2v) is 7.41. The van der Waals surface area contributed by atoms with Crippen LogP contribution >= 0.6 is 0 Å². The van der Waals surface area contributed by atoms with Crippen molar-refractivity contribution in [3.63, 3.8) is 0 Å². The van der Waals surface area contributed by atoms with Gasteiger partial charge in [-0.1, -0.05) is 0 Å². The predicted octanol–water partition coefficient (Wildman–Crippen LogP) is 1.17. The number of ether oxygens (including phenoxy) is 2. The fraction of sp³-hybridized carbons (Fsp3) is 0.500. The Morgan fingerprint density at radius 1 is 1.32 bits per heavy atom. The van der Waals surface area contributed by atoms with E-state index in [2.05, 4.69) is 5.32 Å². The van der Waals surface area contributed by atoms with Gasteiger partial charge in [0.05, 0.1) is 6.26 Å².